The summed E-state index contributed by atoms with van der Waals surface area (Å²) in [7, 11) is 3.13. The number of nitrogens with one attached hydrogen (secondary N) is 2. The fourth-order valence-corrected chi connectivity index (χ4v) is 4.91. The molecule has 0 heterocycles. The van der Waals surface area contributed by atoms with Crippen LogP contribution in [0.15, 0.2) is 48.0 Å². The average Bonchev–Trinajstić information content (AvgIpc) is 2.90. The number of methoxy groups -OCH3 is 2. The number of hydrogen-bond donors (Lipinski definition) is 5. The number of hydrogen-bond acceptors (Lipinski definition) is 8. The van der Waals surface area contributed by atoms with Crippen molar-refractivity contribution in [1.29, 1.82) is 0 Å². The Labute approximate surface area is 224 Å². The first-order valence-corrected chi connectivity index (χ1v) is 12.8. The second-order valence-corrected chi connectivity index (χ2v) is 9.50. The Kier molecular flexibility index (Phi) is 10.8. The highest BCUT2D eigenvalue weighted by atomic mass is 127. The van der Waals surface area contributed by atoms with E-state index in [9.17, 15) is 15.0 Å². The van der Waals surface area contributed by atoms with E-state index in [4.69, 9.17) is 19.3 Å². The van der Waals surface area contributed by atoms with Crippen LogP contribution in [0.5, 0.6) is 17.2 Å². The lowest BCUT2D eigenvalue weighted by Crippen LogP contribution is -2.52. The predicted octanol–water partition coefficient (Wildman–Crippen LogP) is 1.55. The summed E-state index contributed by atoms with van der Waals surface area (Å²) < 4.78 is 17.8. The summed E-state index contributed by atoms with van der Waals surface area (Å²) >= 11 is 2.09. The fourth-order valence-electron chi connectivity index (χ4n) is 4.12. The third-order valence-electron chi connectivity index (χ3n) is 5.96. The lowest BCUT2D eigenvalue weighted by molar-refractivity contribution is -0.118. The molecule has 36 heavy (non-hydrogen) atoms. The van der Waals surface area contributed by atoms with E-state index in [1.54, 1.807) is 25.3 Å². The first kappa shape index (κ1) is 28.2. The minimum atomic E-state index is -0.949. The van der Waals surface area contributed by atoms with E-state index in [0.717, 1.165) is 11.3 Å². The topological polar surface area (TPSA) is 130 Å². The van der Waals surface area contributed by atoms with Crippen LogP contribution in [0.1, 0.15) is 17.5 Å². The Bertz CT molecular complexity index is 1060. The quantitative estimate of drug-likeness (QED) is 0.229. The van der Waals surface area contributed by atoms with Crippen LogP contribution in [0.4, 0.5) is 0 Å². The number of para-hydroxylation sites is 1. The van der Waals surface area contributed by atoms with Gasteiger partial charge in [0.15, 0.2) is 11.5 Å². The maximum Gasteiger partial charge on any atom is 0.247 e. The van der Waals surface area contributed by atoms with Gasteiger partial charge in [0.1, 0.15) is 18.0 Å². The van der Waals surface area contributed by atoms with Crippen molar-refractivity contribution in [3.05, 3.63) is 62.7 Å². The van der Waals surface area contributed by atoms with Gasteiger partial charge >= 0.3 is 0 Å². The van der Waals surface area contributed by atoms with Crippen molar-refractivity contribution in [1.82, 2.24) is 10.6 Å². The lowest BCUT2D eigenvalue weighted by Gasteiger charge is -2.35. The molecule has 0 bridgehead atoms. The van der Waals surface area contributed by atoms with Gasteiger partial charge in [0, 0.05) is 18.2 Å². The lowest BCUT2D eigenvalue weighted by atomic mass is 9.89. The average molecular weight is 612 g/mol. The summed E-state index contributed by atoms with van der Waals surface area (Å²) in [5.74, 6) is 1.31. The highest BCUT2D eigenvalue weighted by Crippen LogP contribution is 2.36. The molecule has 9 nitrogen and oxygen atoms in total. The molecule has 0 aromatic heterocycles. The monoisotopic (exact) mass is 612 g/mol. The largest absolute Gasteiger partial charge is 0.496 e. The molecule has 5 N–H and O–H groups in total. The molecule has 3 atom stereocenters. The van der Waals surface area contributed by atoms with Gasteiger partial charge in [-0.05, 0) is 77.4 Å². The van der Waals surface area contributed by atoms with Crippen LogP contribution >= 0.6 is 22.6 Å². The van der Waals surface area contributed by atoms with Crippen molar-refractivity contribution in [2.24, 2.45) is 0 Å². The van der Waals surface area contributed by atoms with Crippen LogP contribution in [0.3, 0.4) is 0 Å². The number of benzene rings is 2. The summed E-state index contributed by atoms with van der Waals surface area (Å²) in [6.07, 6.45) is 0.797. The number of rotatable bonds is 12. The van der Waals surface area contributed by atoms with E-state index >= 15 is 0 Å². The molecule has 2 aromatic rings. The van der Waals surface area contributed by atoms with Gasteiger partial charge < -0.3 is 40.2 Å². The molecule has 0 fully saturated rings. The van der Waals surface area contributed by atoms with Gasteiger partial charge in [-0.2, -0.15) is 0 Å². The van der Waals surface area contributed by atoms with E-state index in [-0.39, 0.29) is 25.7 Å². The van der Waals surface area contributed by atoms with Crippen molar-refractivity contribution < 1.29 is 34.3 Å². The minimum Gasteiger partial charge on any atom is -0.496 e. The van der Waals surface area contributed by atoms with Crippen LogP contribution in [-0.2, 0) is 17.8 Å². The molecule has 1 aliphatic rings. The van der Waals surface area contributed by atoms with Gasteiger partial charge in [-0.15, -0.1) is 0 Å². The van der Waals surface area contributed by atoms with Gasteiger partial charge in [0.05, 0.1) is 31.0 Å². The molecule has 1 aliphatic carbocycles. The van der Waals surface area contributed by atoms with Crippen molar-refractivity contribution in [2.45, 2.75) is 37.7 Å². The smallest absolute Gasteiger partial charge is 0.247 e. The third kappa shape index (κ3) is 7.10. The number of amides is 1. The van der Waals surface area contributed by atoms with Crippen LogP contribution in [0, 0.1) is 3.57 Å². The fraction of sp³-hybridized carbons (Fsp3) is 0.423. The van der Waals surface area contributed by atoms with Crippen molar-refractivity contribution in [3.8, 4) is 17.2 Å². The summed E-state index contributed by atoms with van der Waals surface area (Å²) in [5, 5.41) is 35.9. The second kappa shape index (κ2) is 13.8. The number of ether oxygens (including phenoxy) is 3. The first-order valence-electron chi connectivity index (χ1n) is 11.7. The molecule has 3 rings (SSSR count). The molecule has 0 saturated heterocycles. The molecule has 10 heteroatoms. The molecule has 2 aromatic carbocycles. The van der Waals surface area contributed by atoms with Gasteiger partial charge in [0.2, 0.25) is 5.91 Å². The van der Waals surface area contributed by atoms with E-state index in [1.165, 1.54) is 7.11 Å². The Morgan fingerprint density at radius 2 is 1.86 bits per heavy atom. The summed E-state index contributed by atoms with van der Waals surface area (Å²) in [4.78, 5) is 12.7. The zero-order valence-electron chi connectivity index (χ0n) is 20.4. The predicted molar refractivity (Wildman–Crippen MR) is 143 cm³/mol. The van der Waals surface area contributed by atoms with Crippen LogP contribution < -0.4 is 24.8 Å². The number of halogens is 1. The van der Waals surface area contributed by atoms with Gasteiger partial charge in [-0.25, -0.2) is 0 Å². The molecule has 0 spiro atoms. The second-order valence-electron chi connectivity index (χ2n) is 8.34. The number of aliphatic hydroxyl groups excluding tert-OH is 3. The van der Waals surface area contributed by atoms with Crippen LogP contribution in [0.2, 0.25) is 0 Å². The Morgan fingerprint density at radius 1 is 1.11 bits per heavy atom. The normalized spacial score (nSPS) is 19.4. The highest BCUT2D eigenvalue weighted by Gasteiger charge is 2.36. The molecule has 196 valence electrons. The molecule has 0 unspecified atom stereocenters. The molecular weight excluding hydrogens is 579 g/mol. The van der Waals surface area contributed by atoms with Gasteiger partial charge in [0.25, 0.3) is 0 Å². The zero-order chi connectivity index (χ0) is 26.1. The Morgan fingerprint density at radius 3 is 2.56 bits per heavy atom. The SMILES string of the molecule is COc1ccccc1CCN[C@@H]1CC(C(=O)NCCO)=C[C@H](Oc2c(I)cc(CO)cc2OC)[C@H]1O. The van der Waals surface area contributed by atoms with E-state index < -0.39 is 18.2 Å². The van der Waals surface area contributed by atoms with Crippen molar-refractivity contribution in [2.75, 3.05) is 33.9 Å². The van der Waals surface area contributed by atoms with Gasteiger partial charge in [-0.1, -0.05) is 18.2 Å². The van der Waals surface area contributed by atoms with Crippen LogP contribution in [0.25, 0.3) is 0 Å². The van der Waals surface area contributed by atoms with E-state index in [0.29, 0.717) is 45.6 Å². The molecule has 0 aliphatic heterocycles. The van der Waals surface area contributed by atoms with E-state index in [1.807, 2.05) is 24.3 Å². The number of carbonyl (C=O) groups is 1. The number of carbonyl (C=O) groups excluding carboxylic acids is 1. The zero-order valence-corrected chi connectivity index (χ0v) is 22.5. The summed E-state index contributed by atoms with van der Waals surface area (Å²) in [5.41, 5.74) is 2.16. The third-order valence-corrected chi connectivity index (χ3v) is 6.76. The Balaban J connectivity index is 1.81. The maximum atomic E-state index is 12.7. The number of aliphatic hydroxyl groups is 3. The van der Waals surface area contributed by atoms with Crippen molar-refractivity contribution >= 4 is 28.5 Å². The first-order chi connectivity index (χ1) is 17.4. The summed E-state index contributed by atoms with van der Waals surface area (Å²) in [6, 6.07) is 10.7. The van der Waals surface area contributed by atoms with Crippen LogP contribution in [-0.4, -0.2) is 73.4 Å². The Hall–Kier alpha value is -2.38. The maximum absolute atomic E-state index is 12.7. The van der Waals surface area contributed by atoms with Gasteiger partial charge in [-0.3, -0.25) is 4.79 Å². The summed E-state index contributed by atoms with van der Waals surface area (Å²) in [6.45, 7) is 0.359. The molecule has 0 radical (unpaired) electrons. The van der Waals surface area contributed by atoms with E-state index in [2.05, 4.69) is 33.2 Å². The molecule has 0 saturated carbocycles. The minimum absolute atomic E-state index is 0.129. The molecule has 1 amide bonds. The van der Waals surface area contributed by atoms with Crippen molar-refractivity contribution in [3.63, 3.8) is 0 Å². The molecular formula is C26H33IN2O7. The standard InChI is InChI=1S/C26H33IN2O7/c1-34-21-6-4-3-5-17(21)7-8-28-20-13-18(26(33)29-9-10-30)14-22(24(20)32)36-25-19(27)11-16(15-31)12-23(25)35-2/h3-6,11-12,14,20,22,24,28,30-32H,7-10,13,15H2,1-2H3,(H,29,33)/t20-,22+,24+/m1/s1. The highest BCUT2D eigenvalue weighted by molar-refractivity contribution is 14.1.